The third kappa shape index (κ3) is 3.98. The van der Waals surface area contributed by atoms with Crippen LogP contribution in [0.25, 0.3) is 11.4 Å². The van der Waals surface area contributed by atoms with Crippen molar-refractivity contribution in [3.63, 3.8) is 0 Å². The molecule has 1 atom stereocenters. The fourth-order valence-electron chi connectivity index (χ4n) is 3.39. The minimum absolute atomic E-state index is 0.111. The number of anilines is 1. The van der Waals surface area contributed by atoms with E-state index in [2.05, 4.69) is 25.8 Å². The molecular formula is C22H20FN5O2. The van der Waals surface area contributed by atoms with Gasteiger partial charge in [-0.05, 0) is 43.2 Å². The average molecular weight is 405 g/mol. The van der Waals surface area contributed by atoms with E-state index in [1.54, 1.807) is 12.1 Å². The predicted octanol–water partition coefficient (Wildman–Crippen LogP) is 3.35. The van der Waals surface area contributed by atoms with E-state index in [1.165, 1.54) is 18.3 Å². The summed E-state index contributed by atoms with van der Waals surface area (Å²) in [7, 11) is 0. The van der Waals surface area contributed by atoms with Crippen LogP contribution in [-0.4, -0.2) is 27.0 Å². The molecule has 3 N–H and O–H groups in total. The molecule has 3 aromatic rings. The highest BCUT2D eigenvalue weighted by Gasteiger charge is 2.29. The molecule has 8 heteroatoms. The molecule has 1 aliphatic rings. The molecule has 0 spiro atoms. The van der Waals surface area contributed by atoms with Crippen LogP contribution in [0.5, 0.6) is 0 Å². The lowest BCUT2D eigenvalue weighted by molar-refractivity contribution is -0.121. The molecule has 2 heterocycles. The third-order valence-corrected chi connectivity index (χ3v) is 5.03. The fourth-order valence-corrected chi connectivity index (χ4v) is 3.39. The predicted molar refractivity (Wildman–Crippen MR) is 110 cm³/mol. The summed E-state index contributed by atoms with van der Waals surface area (Å²) in [6.07, 6.45) is 1.54. The number of nitrogens with one attached hydrogen (secondary N) is 3. The number of amides is 2. The van der Waals surface area contributed by atoms with E-state index < -0.39 is 5.92 Å². The standard InChI is InChI=1S/C22H20FN5O2/c1-12-3-4-15(21-25-13(2)27-28-21)9-19(12)26-22(30)18-11-24-20(29)10-17(18)14-5-7-16(23)8-6-14/h3-9,11,17H,10H2,1-2H3,(H,24,29)(H,26,30)(H,25,27,28). The summed E-state index contributed by atoms with van der Waals surface area (Å²) in [6, 6.07) is 11.4. The molecule has 0 bridgehead atoms. The summed E-state index contributed by atoms with van der Waals surface area (Å²) in [5, 5.41) is 12.5. The molecule has 0 saturated heterocycles. The van der Waals surface area contributed by atoms with Crippen LogP contribution >= 0.6 is 0 Å². The van der Waals surface area contributed by atoms with Crippen molar-refractivity contribution in [2.24, 2.45) is 0 Å². The van der Waals surface area contributed by atoms with E-state index in [4.69, 9.17) is 0 Å². The van der Waals surface area contributed by atoms with Crippen molar-refractivity contribution in [2.75, 3.05) is 5.32 Å². The SMILES string of the molecule is Cc1nc(-c2ccc(C)c(NC(=O)C3=CNC(=O)CC3c3ccc(F)cc3)c2)n[nH]1. The van der Waals surface area contributed by atoms with Gasteiger partial charge < -0.3 is 10.6 Å². The summed E-state index contributed by atoms with van der Waals surface area (Å²) in [5.74, 6) is -0.130. The molecule has 2 amide bonds. The first-order chi connectivity index (χ1) is 14.4. The number of H-pyrrole nitrogens is 1. The zero-order valence-corrected chi connectivity index (χ0v) is 16.5. The molecule has 7 nitrogen and oxygen atoms in total. The van der Waals surface area contributed by atoms with Crippen molar-refractivity contribution in [1.82, 2.24) is 20.5 Å². The molecule has 30 heavy (non-hydrogen) atoms. The number of aryl methyl sites for hydroxylation is 2. The van der Waals surface area contributed by atoms with E-state index >= 15 is 0 Å². The maximum absolute atomic E-state index is 13.3. The Balaban J connectivity index is 1.62. The lowest BCUT2D eigenvalue weighted by Gasteiger charge is -2.24. The number of aromatic amines is 1. The number of benzene rings is 2. The summed E-state index contributed by atoms with van der Waals surface area (Å²) in [6.45, 7) is 3.70. The summed E-state index contributed by atoms with van der Waals surface area (Å²) >= 11 is 0. The molecule has 1 unspecified atom stereocenters. The van der Waals surface area contributed by atoms with Gasteiger partial charge in [0, 0.05) is 35.4 Å². The minimum atomic E-state index is -0.460. The Hall–Kier alpha value is -3.81. The summed E-state index contributed by atoms with van der Waals surface area (Å²) in [4.78, 5) is 29.3. The maximum atomic E-state index is 13.3. The quantitative estimate of drug-likeness (QED) is 0.620. The van der Waals surface area contributed by atoms with Gasteiger partial charge in [0.15, 0.2) is 5.82 Å². The van der Waals surface area contributed by atoms with Gasteiger partial charge in [0.1, 0.15) is 11.6 Å². The fraction of sp³-hybridized carbons (Fsp3) is 0.182. The highest BCUT2D eigenvalue weighted by molar-refractivity contribution is 6.07. The molecule has 0 radical (unpaired) electrons. The number of rotatable bonds is 4. The van der Waals surface area contributed by atoms with Crippen LogP contribution in [0.3, 0.4) is 0 Å². The number of hydrogen-bond donors (Lipinski definition) is 3. The Labute approximate surface area is 172 Å². The van der Waals surface area contributed by atoms with Crippen molar-refractivity contribution < 1.29 is 14.0 Å². The second kappa shape index (κ2) is 7.90. The van der Waals surface area contributed by atoms with E-state index in [-0.39, 0.29) is 24.1 Å². The number of halogens is 1. The number of carbonyl (C=O) groups is 2. The smallest absolute Gasteiger partial charge is 0.253 e. The summed E-state index contributed by atoms with van der Waals surface area (Å²) < 4.78 is 13.3. The normalized spacial score (nSPS) is 16.0. The number of hydrogen-bond acceptors (Lipinski definition) is 4. The minimum Gasteiger partial charge on any atom is -0.332 e. The van der Waals surface area contributed by atoms with Gasteiger partial charge in [-0.2, -0.15) is 5.10 Å². The van der Waals surface area contributed by atoms with Gasteiger partial charge in [-0.25, -0.2) is 9.37 Å². The molecule has 152 valence electrons. The molecule has 0 saturated carbocycles. The number of nitrogens with zero attached hydrogens (tertiary/aromatic N) is 2. The van der Waals surface area contributed by atoms with Crippen LogP contribution in [0.1, 0.15) is 29.3 Å². The first-order valence-electron chi connectivity index (χ1n) is 9.47. The van der Waals surface area contributed by atoms with Crippen LogP contribution in [0.4, 0.5) is 10.1 Å². The van der Waals surface area contributed by atoms with Gasteiger partial charge in [0.25, 0.3) is 5.91 Å². The number of aromatic nitrogens is 3. The number of carbonyl (C=O) groups excluding carboxylic acids is 2. The molecule has 4 rings (SSSR count). The first-order valence-corrected chi connectivity index (χ1v) is 9.47. The van der Waals surface area contributed by atoms with Gasteiger partial charge in [-0.15, -0.1) is 0 Å². The van der Waals surface area contributed by atoms with E-state index in [1.807, 2.05) is 32.0 Å². The van der Waals surface area contributed by atoms with Crippen molar-refractivity contribution >= 4 is 17.5 Å². The van der Waals surface area contributed by atoms with Crippen LogP contribution in [0.15, 0.2) is 54.2 Å². The second-order valence-corrected chi connectivity index (χ2v) is 7.20. The molecule has 1 aromatic heterocycles. The van der Waals surface area contributed by atoms with Gasteiger partial charge in [0.05, 0.1) is 0 Å². The van der Waals surface area contributed by atoms with Crippen molar-refractivity contribution in [1.29, 1.82) is 0 Å². The Bertz CT molecular complexity index is 1150. The van der Waals surface area contributed by atoms with Gasteiger partial charge in [0.2, 0.25) is 5.91 Å². The van der Waals surface area contributed by atoms with E-state index in [0.717, 1.165) is 11.1 Å². The van der Waals surface area contributed by atoms with E-state index in [9.17, 15) is 14.0 Å². The molecule has 1 aliphatic heterocycles. The maximum Gasteiger partial charge on any atom is 0.253 e. The lowest BCUT2D eigenvalue weighted by Crippen LogP contribution is -2.32. The first kappa shape index (κ1) is 19.5. The highest BCUT2D eigenvalue weighted by atomic mass is 19.1. The zero-order valence-electron chi connectivity index (χ0n) is 16.5. The summed E-state index contributed by atoms with van der Waals surface area (Å²) in [5.41, 5.74) is 3.36. The monoisotopic (exact) mass is 405 g/mol. The van der Waals surface area contributed by atoms with Gasteiger partial charge >= 0.3 is 0 Å². The lowest BCUT2D eigenvalue weighted by atomic mass is 9.86. The van der Waals surface area contributed by atoms with Gasteiger partial charge in [-0.3, -0.25) is 14.7 Å². The van der Waals surface area contributed by atoms with Crippen molar-refractivity contribution in [3.8, 4) is 11.4 Å². The Morgan fingerprint density at radius 3 is 2.63 bits per heavy atom. The highest BCUT2D eigenvalue weighted by Crippen LogP contribution is 2.32. The average Bonchev–Trinajstić information content (AvgIpc) is 3.16. The topological polar surface area (TPSA) is 99.8 Å². The Morgan fingerprint density at radius 2 is 1.93 bits per heavy atom. The second-order valence-electron chi connectivity index (χ2n) is 7.20. The molecule has 0 fully saturated rings. The Morgan fingerprint density at radius 1 is 1.17 bits per heavy atom. The third-order valence-electron chi connectivity index (χ3n) is 5.03. The van der Waals surface area contributed by atoms with Gasteiger partial charge in [-0.1, -0.05) is 24.3 Å². The largest absolute Gasteiger partial charge is 0.332 e. The zero-order chi connectivity index (χ0) is 21.3. The van der Waals surface area contributed by atoms with Crippen LogP contribution in [-0.2, 0) is 9.59 Å². The molecular weight excluding hydrogens is 385 g/mol. The molecule has 2 aromatic carbocycles. The van der Waals surface area contributed by atoms with Crippen LogP contribution in [0.2, 0.25) is 0 Å². The van der Waals surface area contributed by atoms with Crippen LogP contribution < -0.4 is 10.6 Å². The Kier molecular flexibility index (Phi) is 5.14. The van der Waals surface area contributed by atoms with E-state index in [0.29, 0.717) is 28.5 Å². The van der Waals surface area contributed by atoms with Crippen molar-refractivity contribution in [3.05, 3.63) is 77.0 Å². The molecule has 0 aliphatic carbocycles. The van der Waals surface area contributed by atoms with Crippen molar-refractivity contribution in [2.45, 2.75) is 26.2 Å². The van der Waals surface area contributed by atoms with Crippen LogP contribution in [0, 0.1) is 19.7 Å².